The molecule has 0 unspecified atom stereocenters. The normalized spacial score (nSPS) is 12.6. The topological polar surface area (TPSA) is 12.4 Å². The van der Waals surface area contributed by atoms with Crippen LogP contribution in [0, 0.1) is 5.92 Å². The van der Waals surface area contributed by atoms with Gasteiger partial charge in [0.1, 0.15) is 0 Å². The van der Waals surface area contributed by atoms with E-state index in [1.54, 1.807) is 0 Å². The number of rotatable bonds is 5. The summed E-state index contributed by atoms with van der Waals surface area (Å²) in [6.07, 6.45) is 3.61. The molecule has 0 radical (unpaired) electrons. The Labute approximate surface area is 70.9 Å². The first-order chi connectivity index (χ1) is 5.16. The van der Waals surface area contributed by atoms with Gasteiger partial charge in [0.15, 0.2) is 0 Å². The van der Waals surface area contributed by atoms with E-state index in [2.05, 4.69) is 32.7 Å². The monoisotopic (exact) mass is 155 g/mol. The maximum atomic E-state index is 4.47. The number of nitrogens with zero attached hydrogens (tertiary/aromatic N) is 1. The zero-order chi connectivity index (χ0) is 8.69. The molecule has 0 aromatic rings. The number of hydrogen-bond donors (Lipinski definition) is 0. The molecule has 0 heterocycles. The zero-order valence-corrected chi connectivity index (χ0v) is 8.35. The first-order valence-electron chi connectivity index (χ1n) is 4.66. The molecule has 0 spiro atoms. The van der Waals surface area contributed by atoms with Crippen LogP contribution in [0.1, 0.15) is 47.0 Å². The summed E-state index contributed by atoms with van der Waals surface area (Å²) < 4.78 is 0. The van der Waals surface area contributed by atoms with Crippen molar-refractivity contribution in [2.24, 2.45) is 10.9 Å². The van der Waals surface area contributed by atoms with Crippen LogP contribution < -0.4 is 0 Å². The molecule has 0 aromatic heterocycles. The van der Waals surface area contributed by atoms with Gasteiger partial charge in [0, 0.05) is 12.3 Å². The van der Waals surface area contributed by atoms with Crippen LogP contribution in [-0.4, -0.2) is 12.3 Å². The Hall–Kier alpha value is -0.330. The molecule has 0 aromatic carbocycles. The van der Waals surface area contributed by atoms with Gasteiger partial charge in [-0.3, -0.25) is 4.99 Å². The van der Waals surface area contributed by atoms with Crippen molar-refractivity contribution in [3.8, 4) is 0 Å². The van der Waals surface area contributed by atoms with Crippen molar-refractivity contribution in [3.63, 3.8) is 0 Å². The highest BCUT2D eigenvalue weighted by Gasteiger charge is 1.92. The maximum absolute atomic E-state index is 4.47. The first kappa shape index (κ1) is 10.7. The minimum absolute atomic E-state index is 0.785. The number of aliphatic imine (C=N–C) groups is 1. The first-order valence-corrected chi connectivity index (χ1v) is 4.66. The molecule has 11 heavy (non-hydrogen) atoms. The second-order valence-electron chi connectivity index (χ2n) is 3.55. The van der Waals surface area contributed by atoms with Gasteiger partial charge < -0.3 is 0 Å². The fourth-order valence-corrected chi connectivity index (χ4v) is 0.954. The van der Waals surface area contributed by atoms with Gasteiger partial charge in [-0.05, 0) is 25.7 Å². The van der Waals surface area contributed by atoms with Crippen molar-refractivity contribution in [2.45, 2.75) is 47.0 Å². The van der Waals surface area contributed by atoms with Gasteiger partial charge >= 0.3 is 0 Å². The van der Waals surface area contributed by atoms with Crippen LogP contribution in [0.4, 0.5) is 0 Å². The summed E-state index contributed by atoms with van der Waals surface area (Å²) in [5.74, 6) is 0.785. The van der Waals surface area contributed by atoms with Crippen molar-refractivity contribution in [1.82, 2.24) is 0 Å². The third-order valence-corrected chi connectivity index (χ3v) is 1.70. The van der Waals surface area contributed by atoms with Crippen LogP contribution in [0.3, 0.4) is 0 Å². The van der Waals surface area contributed by atoms with Crippen molar-refractivity contribution in [3.05, 3.63) is 0 Å². The molecule has 0 fully saturated rings. The molecule has 0 amide bonds. The fraction of sp³-hybridized carbons (Fsp3) is 0.900. The molecule has 66 valence electrons. The summed E-state index contributed by atoms with van der Waals surface area (Å²) >= 11 is 0. The summed E-state index contributed by atoms with van der Waals surface area (Å²) in [5.41, 5.74) is 1.31. The van der Waals surface area contributed by atoms with E-state index < -0.39 is 0 Å². The Morgan fingerprint density at radius 3 is 2.45 bits per heavy atom. The van der Waals surface area contributed by atoms with E-state index in [1.165, 1.54) is 18.6 Å². The SMILES string of the molecule is CCCC(C)=NCCC(C)C. The zero-order valence-electron chi connectivity index (χ0n) is 8.35. The Kier molecular flexibility index (Phi) is 6.19. The minimum Gasteiger partial charge on any atom is -0.294 e. The second kappa shape index (κ2) is 6.38. The van der Waals surface area contributed by atoms with Gasteiger partial charge in [-0.1, -0.05) is 27.2 Å². The van der Waals surface area contributed by atoms with Gasteiger partial charge in [-0.2, -0.15) is 0 Å². The van der Waals surface area contributed by atoms with Crippen LogP contribution in [0.25, 0.3) is 0 Å². The van der Waals surface area contributed by atoms with Crippen LogP contribution in [0.15, 0.2) is 4.99 Å². The van der Waals surface area contributed by atoms with Gasteiger partial charge in [0.25, 0.3) is 0 Å². The largest absolute Gasteiger partial charge is 0.294 e. The van der Waals surface area contributed by atoms with E-state index in [-0.39, 0.29) is 0 Å². The molecule has 1 heteroatoms. The number of hydrogen-bond acceptors (Lipinski definition) is 1. The van der Waals surface area contributed by atoms with Gasteiger partial charge in [-0.15, -0.1) is 0 Å². The molecule has 0 atom stereocenters. The average Bonchev–Trinajstić information content (AvgIpc) is 1.87. The third-order valence-electron chi connectivity index (χ3n) is 1.70. The summed E-state index contributed by atoms with van der Waals surface area (Å²) in [6.45, 7) is 9.82. The quantitative estimate of drug-likeness (QED) is 0.540. The predicted molar refractivity (Wildman–Crippen MR) is 52.3 cm³/mol. The van der Waals surface area contributed by atoms with E-state index in [0.29, 0.717) is 0 Å². The van der Waals surface area contributed by atoms with E-state index in [4.69, 9.17) is 0 Å². The van der Waals surface area contributed by atoms with Gasteiger partial charge in [-0.25, -0.2) is 0 Å². The van der Waals surface area contributed by atoms with Crippen molar-refractivity contribution < 1.29 is 0 Å². The van der Waals surface area contributed by atoms with E-state index in [0.717, 1.165) is 18.9 Å². The molecular weight excluding hydrogens is 134 g/mol. The highest BCUT2D eigenvalue weighted by atomic mass is 14.7. The third kappa shape index (κ3) is 7.57. The molecule has 0 rings (SSSR count). The van der Waals surface area contributed by atoms with Crippen LogP contribution in [-0.2, 0) is 0 Å². The standard InChI is InChI=1S/C10H21N/c1-5-6-10(4)11-8-7-9(2)3/h9H,5-8H2,1-4H3. The van der Waals surface area contributed by atoms with E-state index in [1.807, 2.05) is 0 Å². The molecule has 0 aliphatic heterocycles. The molecule has 0 aliphatic rings. The Balaban J connectivity index is 3.39. The molecule has 0 bridgehead atoms. The maximum Gasteiger partial charge on any atom is 0.0390 e. The Morgan fingerprint density at radius 1 is 1.36 bits per heavy atom. The molecular formula is C10H21N. The van der Waals surface area contributed by atoms with E-state index in [9.17, 15) is 0 Å². The van der Waals surface area contributed by atoms with Crippen LogP contribution in [0.5, 0.6) is 0 Å². The molecule has 0 saturated heterocycles. The van der Waals surface area contributed by atoms with Crippen LogP contribution >= 0.6 is 0 Å². The molecule has 0 N–H and O–H groups in total. The smallest absolute Gasteiger partial charge is 0.0390 e. The van der Waals surface area contributed by atoms with Gasteiger partial charge in [0.05, 0.1) is 0 Å². The summed E-state index contributed by atoms with van der Waals surface area (Å²) in [7, 11) is 0. The lowest BCUT2D eigenvalue weighted by atomic mass is 10.1. The lowest BCUT2D eigenvalue weighted by Crippen LogP contribution is -1.95. The van der Waals surface area contributed by atoms with E-state index >= 15 is 0 Å². The van der Waals surface area contributed by atoms with Gasteiger partial charge in [0.2, 0.25) is 0 Å². The Morgan fingerprint density at radius 2 is 2.00 bits per heavy atom. The molecule has 0 saturated carbocycles. The minimum atomic E-state index is 0.785. The van der Waals surface area contributed by atoms with Crippen molar-refractivity contribution in [2.75, 3.05) is 6.54 Å². The molecule has 0 aliphatic carbocycles. The summed E-state index contributed by atoms with van der Waals surface area (Å²) in [6, 6.07) is 0. The Bertz CT molecular complexity index is 114. The predicted octanol–water partition coefficient (Wildman–Crippen LogP) is 3.29. The average molecular weight is 155 g/mol. The fourth-order valence-electron chi connectivity index (χ4n) is 0.954. The van der Waals surface area contributed by atoms with Crippen molar-refractivity contribution >= 4 is 5.71 Å². The van der Waals surface area contributed by atoms with Crippen molar-refractivity contribution in [1.29, 1.82) is 0 Å². The lowest BCUT2D eigenvalue weighted by molar-refractivity contribution is 0.596. The lowest BCUT2D eigenvalue weighted by Gasteiger charge is -2.01. The second-order valence-corrected chi connectivity index (χ2v) is 3.55. The summed E-state index contributed by atoms with van der Waals surface area (Å²) in [4.78, 5) is 4.47. The molecule has 1 nitrogen and oxygen atoms in total. The summed E-state index contributed by atoms with van der Waals surface area (Å²) in [5, 5.41) is 0. The highest BCUT2D eigenvalue weighted by Crippen LogP contribution is 2.00. The van der Waals surface area contributed by atoms with Crippen LogP contribution in [0.2, 0.25) is 0 Å². The highest BCUT2D eigenvalue weighted by molar-refractivity contribution is 5.81.